The quantitative estimate of drug-likeness (QED) is 0.739. The zero-order chi connectivity index (χ0) is 10.8. The Labute approximate surface area is 91.9 Å². The fraction of sp³-hybridized carbons (Fsp3) is 0.0909. The number of hydrogen-bond donors (Lipinski definition) is 0. The largest absolute Gasteiger partial charge is 0.272 e. The Bertz CT molecular complexity index is 548. The van der Waals surface area contributed by atoms with Gasteiger partial charge in [-0.1, -0.05) is 29.8 Å². The summed E-state index contributed by atoms with van der Waals surface area (Å²) in [6.45, 7) is 1.93. The van der Waals surface area contributed by atoms with E-state index in [1.165, 1.54) is 16.9 Å². The Morgan fingerprint density at radius 3 is 2.73 bits per heavy atom. The topological polar surface area (TPSA) is 34.9 Å². The number of aromatic nitrogens is 2. The molecule has 76 valence electrons. The summed E-state index contributed by atoms with van der Waals surface area (Å²) >= 11 is 5.67. The molecule has 0 atom stereocenters. The van der Waals surface area contributed by atoms with E-state index in [1.807, 2.05) is 31.2 Å². The van der Waals surface area contributed by atoms with Crippen LogP contribution in [0, 0.1) is 6.92 Å². The van der Waals surface area contributed by atoms with Crippen LogP contribution in [0.4, 0.5) is 0 Å². The highest BCUT2D eigenvalue weighted by molar-refractivity contribution is 6.30. The highest BCUT2D eigenvalue weighted by atomic mass is 35.5. The van der Waals surface area contributed by atoms with Gasteiger partial charge in [0.15, 0.2) is 0 Å². The van der Waals surface area contributed by atoms with Crippen molar-refractivity contribution >= 4 is 11.6 Å². The molecule has 0 aliphatic rings. The minimum absolute atomic E-state index is 0.225. The van der Waals surface area contributed by atoms with Gasteiger partial charge < -0.3 is 0 Å². The average molecular weight is 221 g/mol. The standard InChI is InChI=1S/C11H9ClN2O/c1-8-4-2-3-5-10(8)14-11(15)6-9(12)7-13-14/h2-7H,1H3. The molecule has 1 aromatic heterocycles. The van der Waals surface area contributed by atoms with Gasteiger partial charge in [0, 0.05) is 6.07 Å². The zero-order valence-corrected chi connectivity index (χ0v) is 8.90. The van der Waals surface area contributed by atoms with Crippen molar-refractivity contribution in [2.75, 3.05) is 0 Å². The third-order valence-electron chi connectivity index (χ3n) is 2.11. The molecule has 0 amide bonds. The van der Waals surface area contributed by atoms with E-state index in [2.05, 4.69) is 5.10 Å². The third kappa shape index (κ3) is 1.92. The summed E-state index contributed by atoms with van der Waals surface area (Å²) in [5, 5.41) is 4.33. The van der Waals surface area contributed by atoms with Gasteiger partial charge in [-0.15, -0.1) is 0 Å². The van der Waals surface area contributed by atoms with E-state index in [0.29, 0.717) is 5.02 Å². The average Bonchev–Trinajstić information content (AvgIpc) is 2.20. The molecule has 15 heavy (non-hydrogen) atoms. The van der Waals surface area contributed by atoms with Gasteiger partial charge in [-0.3, -0.25) is 4.79 Å². The first kappa shape index (κ1) is 9.93. The SMILES string of the molecule is Cc1ccccc1-n1ncc(Cl)cc1=O. The van der Waals surface area contributed by atoms with Gasteiger partial charge in [-0.25, -0.2) is 0 Å². The van der Waals surface area contributed by atoms with Gasteiger partial charge in [-0.2, -0.15) is 9.78 Å². The number of halogens is 1. The van der Waals surface area contributed by atoms with Gasteiger partial charge in [0.1, 0.15) is 0 Å². The normalized spacial score (nSPS) is 10.3. The van der Waals surface area contributed by atoms with E-state index in [0.717, 1.165) is 11.3 Å². The van der Waals surface area contributed by atoms with E-state index in [4.69, 9.17) is 11.6 Å². The van der Waals surface area contributed by atoms with E-state index in [-0.39, 0.29) is 5.56 Å². The van der Waals surface area contributed by atoms with Crippen molar-refractivity contribution in [2.24, 2.45) is 0 Å². The predicted octanol–water partition coefficient (Wildman–Crippen LogP) is 2.19. The van der Waals surface area contributed by atoms with Gasteiger partial charge in [0.25, 0.3) is 5.56 Å². The first-order valence-electron chi connectivity index (χ1n) is 4.49. The molecule has 2 aromatic rings. The first-order valence-corrected chi connectivity index (χ1v) is 4.87. The first-order chi connectivity index (χ1) is 7.18. The summed E-state index contributed by atoms with van der Waals surface area (Å²) in [6.07, 6.45) is 1.45. The smallest absolute Gasteiger partial charge is 0.267 e. The number of aryl methyl sites for hydroxylation is 1. The van der Waals surface area contributed by atoms with E-state index in [9.17, 15) is 4.79 Å². The molecular weight excluding hydrogens is 212 g/mol. The second-order valence-corrected chi connectivity index (χ2v) is 3.65. The maximum atomic E-state index is 11.6. The molecule has 2 rings (SSSR count). The second-order valence-electron chi connectivity index (χ2n) is 3.21. The molecule has 1 heterocycles. The Morgan fingerprint density at radius 2 is 2.07 bits per heavy atom. The van der Waals surface area contributed by atoms with Crippen molar-refractivity contribution in [3.63, 3.8) is 0 Å². The summed E-state index contributed by atoms with van der Waals surface area (Å²) in [7, 11) is 0. The van der Waals surface area contributed by atoms with Gasteiger partial charge in [0.05, 0.1) is 16.9 Å². The van der Waals surface area contributed by atoms with Gasteiger partial charge >= 0.3 is 0 Å². The van der Waals surface area contributed by atoms with Crippen molar-refractivity contribution < 1.29 is 0 Å². The second kappa shape index (κ2) is 3.87. The maximum Gasteiger partial charge on any atom is 0.272 e. The Hall–Kier alpha value is -1.61. The van der Waals surface area contributed by atoms with Crippen LogP contribution in [0.5, 0.6) is 0 Å². The van der Waals surface area contributed by atoms with E-state index in [1.54, 1.807) is 0 Å². The van der Waals surface area contributed by atoms with Crippen LogP contribution in [-0.4, -0.2) is 9.78 Å². The van der Waals surface area contributed by atoms with Gasteiger partial charge in [-0.05, 0) is 18.6 Å². The molecule has 0 unspecified atom stereocenters. The van der Waals surface area contributed by atoms with Crippen LogP contribution in [0.1, 0.15) is 5.56 Å². The number of hydrogen-bond acceptors (Lipinski definition) is 2. The lowest BCUT2D eigenvalue weighted by Crippen LogP contribution is -2.20. The molecule has 0 aliphatic heterocycles. The lowest BCUT2D eigenvalue weighted by Gasteiger charge is -2.06. The fourth-order valence-corrected chi connectivity index (χ4v) is 1.51. The summed E-state index contributed by atoms with van der Waals surface area (Å²) in [5.74, 6) is 0. The molecule has 0 N–H and O–H groups in total. The molecule has 0 fully saturated rings. The van der Waals surface area contributed by atoms with Crippen LogP contribution in [0.3, 0.4) is 0 Å². The van der Waals surface area contributed by atoms with Crippen molar-refractivity contribution in [2.45, 2.75) is 6.92 Å². The molecule has 0 radical (unpaired) electrons. The molecule has 0 bridgehead atoms. The molecule has 3 nitrogen and oxygen atoms in total. The highest BCUT2D eigenvalue weighted by Crippen LogP contribution is 2.10. The predicted molar refractivity (Wildman–Crippen MR) is 59.6 cm³/mol. The molecule has 0 saturated carbocycles. The monoisotopic (exact) mass is 220 g/mol. The number of nitrogens with zero attached hydrogens (tertiary/aromatic N) is 2. The maximum absolute atomic E-state index is 11.6. The van der Waals surface area contributed by atoms with Crippen molar-refractivity contribution in [3.8, 4) is 5.69 Å². The summed E-state index contributed by atoms with van der Waals surface area (Å²) < 4.78 is 1.33. The van der Waals surface area contributed by atoms with E-state index >= 15 is 0 Å². The number of para-hydroxylation sites is 1. The Kier molecular flexibility index (Phi) is 2.56. The summed E-state index contributed by atoms with van der Waals surface area (Å²) in [4.78, 5) is 11.6. The van der Waals surface area contributed by atoms with Crippen LogP contribution in [0.2, 0.25) is 5.02 Å². The van der Waals surface area contributed by atoms with Crippen molar-refractivity contribution in [1.29, 1.82) is 0 Å². The summed E-state index contributed by atoms with van der Waals surface area (Å²) in [6, 6.07) is 8.90. The summed E-state index contributed by atoms with van der Waals surface area (Å²) in [5.41, 5.74) is 1.55. The van der Waals surface area contributed by atoms with Crippen LogP contribution in [0.15, 0.2) is 41.3 Å². The Morgan fingerprint density at radius 1 is 1.33 bits per heavy atom. The minimum Gasteiger partial charge on any atom is -0.267 e. The number of benzene rings is 1. The highest BCUT2D eigenvalue weighted by Gasteiger charge is 2.03. The van der Waals surface area contributed by atoms with Crippen LogP contribution < -0.4 is 5.56 Å². The molecule has 1 aromatic carbocycles. The zero-order valence-electron chi connectivity index (χ0n) is 8.14. The lowest BCUT2D eigenvalue weighted by molar-refractivity contribution is 0.801. The van der Waals surface area contributed by atoms with E-state index < -0.39 is 0 Å². The third-order valence-corrected chi connectivity index (χ3v) is 2.32. The van der Waals surface area contributed by atoms with Crippen LogP contribution in [0.25, 0.3) is 5.69 Å². The van der Waals surface area contributed by atoms with Crippen molar-refractivity contribution in [3.05, 3.63) is 57.5 Å². The molecule has 0 spiro atoms. The number of rotatable bonds is 1. The Balaban J connectivity index is 2.65. The van der Waals surface area contributed by atoms with Crippen LogP contribution in [-0.2, 0) is 0 Å². The molecular formula is C11H9ClN2O. The van der Waals surface area contributed by atoms with Gasteiger partial charge in [0.2, 0.25) is 0 Å². The minimum atomic E-state index is -0.225. The van der Waals surface area contributed by atoms with Crippen LogP contribution >= 0.6 is 11.6 Å². The lowest BCUT2D eigenvalue weighted by atomic mass is 10.2. The molecule has 0 saturated heterocycles. The molecule has 4 heteroatoms. The fourth-order valence-electron chi connectivity index (χ4n) is 1.37. The molecule has 0 aliphatic carbocycles. The van der Waals surface area contributed by atoms with Crippen molar-refractivity contribution in [1.82, 2.24) is 9.78 Å².